The van der Waals surface area contributed by atoms with Crippen LogP contribution in [0.3, 0.4) is 0 Å². The zero-order valence-electron chi connectivity index (χ0n) is 12.8. The topological polar surface area (TPSA) is 32.3 Å². The minimum atomic E-state index is 0.758. The van der Waals surface area contributed by atoms with Gasteiger partial charge in [-0.3, -0.25) is 14.8 Å². The normalized spacial score (nSPS) is 26.2. The molecule has 5 heteroatoms. The quantitative estimate of drug-likeness (QED) is 0.868. The van der Waals surface area contributed by atoms with E-state index in [2.05, 4.69) is 31.2 Å². The number of piperidine rings is 1. The van der Waals surface area contributed by atoms with Crippen molar-refractivity contribution in [2.24, 2.45) is 5.92 Å². The fraction of sp³-hybridized carbons (Fsp3) is 0.529. The van der Waals surface area contributed by atoms with Gasteiger partial charge in [0.25, 0.3) is 0 Å². The van der Waals surface area contributed by atoms with E-state index in [1.54, 1.807) is 11.3 Å². The molecule has 0 bridgehead atoms. The molecule has 0 aliphatic carbocycles. The minimum absolute atomic E-state index is 0.758. The highest BCUT2D eigenvalue weighted by molar-refractivity contribution is 7.09. The maximum absolute atomic E-state index is 4.45. The summed E-state index contributed by atoms with van der Waals surface area (Å²) in [5.74, 6) is 0.824. The van der Waals surface area contributed by atoms with Crippen molar-refractivity contribution >= 4 is 11.3 Å². The minimum Gasteiger partial charge on any atom is -0.299 e. The van der Waals surface area contributed by atoms with E-state index in [0.29, 0.717) is 0 Å². The van der Waals surface area contributed by atoms with Crippen LogP contribution >= 0.6 is 11.3 Å². The summed E-state index contributed by atoms with van der Waals surface area (Å²) in [6.45, 7) is 5.75. The third-order valence-corrected chi connectivity index (χ3v) is 5.75. The van der Waals surface area contributed by atoms with Crippen molar-refractivity contribution in [3.8, 4) is 0 Å². The summed E-state index contributed by atoms with van der Waals surface area (Å²) < 4.78 is 0. The molecular weight excluding hydrogens is 292 g/mol. The molecule has 0 saturated carbocycles. The van der Waals surface area contributed by atoms with E-state index >= 15 is 0 Å². The number of pyridine rings is 1. The van der Waals surface area contributed by atoms with E-state index in [-0.39, 0.29) is 0 Å². The Morgan fingerprint density at radius 3 is 3.00 bits per heavy atom. The van der Waals surface area contributed by atoms with Crippen LogP contribution in [0.15, 0.2) is 36.1 Å². The highest BCUT2D eigenvalue weighted by Crippen LogP contribution is 2.33. The zero-order chi connectivity index (χ0) is 14.8. The Kier molecular flexibility index (Phi) is 4.19. The van der Waals surface area contributed by atoms with Gasteiger partial charge in [-0.1, -0.05) is 6.07 Å². The van der Waals surface area contributed by atoms with Gasteiger partial charge in [0, 0.05) is 43.1 Å². The SMILES string of the molecule is c1cncc(CN2CCC3C(CCN3Cc3nccs3)C2)c1. The number of likely N-dealkylation sites (tertiary alicyclic amines) is 2. The summed E-state index contributed by atoms with van der Waals surface area (Å²) in [5, 5.41) is 3.35. The second kappa shape index (κ2) is 6.44. The molecule has 0 aromatic carbocycles. The molecule has 4 nitrogen and oxygen atoms in total. The fourth-order valence-corrected chi connectivity index (χ4v) is 4.59. The van der Waals surface area contributed by atoms with Gasteiger partial charge in [0.1, 0.15) is 5.01 Å². The van der Waals surface area contributed by atoms with Crippen LogP contribution in [0.1, 0.15) is 23.4 Å². The van der Waals surface area contributed by atoms with Crippen LogP contribution in [0, 0.1) is 5.92 Å². The molecule has 2 atom stereocenters. The van der Waals surface area contributed by atoms with E-state index < -0.39 is 0 Å². The molecule has 2 unspecified atom stereocenters. The third-order valence-electron chi connectivity index (χ3n) is 4.98. The van der Waals surface area contributed by atoms with Gasteiger partial charge in [0.05, 0.1) is 6.54 Å². The van der Waals surface area contributed by atoms with E-state index in [1.165, 1.54) is 43.0 Å². The molecule has 0 amide bonds. The van der Waals surface area contributed by atoms with Crippen LogP contribution < -0.4 is 0 Å². The Labute approximate surface area is 135 Å². The molecule has 2 aromatic heterocycles. The summed E-state index contributed by atoms with van der Waals surface area (Å²) in [6, 6.07) is 4.98. The lowest BCUT2D eigenvalue weighted by Crippen LogP contribution is -2.45. The van der Waals surface area contributed by atoms with Crippen molar-refractivity contribution in [2.75, 3.05) is 19.6 Å². The maximum Gasteiger partial charge on any atom is 0.107 e. The average Bonchev–Trinajstić information content (AvgIpc) is 3.19. The Balaban J connectivity index is 1.35. The maximum atomic E-state index is 4.45. The number of hydrogen-bond acceptors (Lipinski definition) is 5. The smallest absolute Gasteiger partial charge is 0.107 e. The van der Waals surface area contributed by atoms with Gasteiger partial charge < -0.3 is 0 Å². The number of hydrogen-bond donors (Lipinski definition) is 0. The number of aromatic nitrogens is 2. The predicted octanol–water partition coefficient (Wildman–Crippen LogP) is 2.63. The second-order valence-corrected chi connectivity index (χ2v) is 7.38. The standard InChI is InChI=1S/C17H22N4S/c1-2-14(10-18-5-1)11-20-7-4-16-15(12-20)3-8-21(16)13-17-19-6-9-22-17/h1-2,5-6,9-10,15-16H,3-4,7-8,11-13H2. The molecule has 0 radical (unpaired) electrons. The van der Waals surface area contributed by atoms with Gasteiger partial charge in [-0.15, -0.1) is 11.3 Å². The van der Waals surface area contributed by atoms with Crippen LogP contribution in [0.4, 0.5) is 0 Å². The summed E-state index contributed by atoms with van der Waals surface area (Å²) in [7, 11) is 0. The van der Waals surface area contributed by atoms with Crippen molar-refractivity contribution in [2.45, 2.75) is 32.0 Å². The largest absolute Gasteiger partial charge is 0.299 e. The van der Waals surface area contributed by atoms with Gasteiger partial charge in [-0.05, 0) is 43.5 Å². The van der Waals surface area contributed by atoms with Crippen LogP contribution in [0.25, 0.3) is 0 Å². The van der Waals surface area contributed by atoms with Gasteiger partial charge in [0.15, 0.2) is 0 Å². The summed E-state index contributed by atoms with van der Waals surface area (Å²) in [4.78, 5) is 13.9. The van der Waals surface area contributed by atoms with Gasteiger partial charge >= 0.3 is 0 Å². The molecule has 22 heavy (non-hydrogen) atoms. The van der Waals surface area contributed by atoms with Gasteiger partial charge in [-0.2, -0.15) is 0 Å². The van der Waals surface area contributed by atoms with Gasteiger partial charge in [-0.25, -0.2) is 4.98 Å². The molecule has 0 spiro atoms. The molecule has 2 aromatic rings. The molecular formula is C17H22N4S. The Morgan fingerprint density at radius 1 is 1.18 bits per heavy atom. The highest BCUT2D eigenvalue weighted by Gasteiger charge is 2.38. The number of fused-ring (bicyclic) bond motifs is 1. The van der Waals surface area contributed by atoms with Crippen LogP contribution in [0.2, 0.25) is 0 Å². The van der Waals surface area contributed by atoms with Crippen molar-refractivity contribution in [3.05, 3.63) is 46.7 Å². The molecule has 2 fully saturated rings. The monoisotopic (exact) mass is 314 g/mol. The second-order valence-electron chi connectivity index (χ2n) is 6.40. The summed E-state index contributed by atoms with van der Waals surface area (Å²) in [6.07, 6.45) is 8.39. The molecule has 116 valence electrons. The molecule has 4 rings (SSSR count). The lowest BCUT2D eigenvalue weighted by atomic mass is 9.92. The first kappa shape index (κ1) is 14.3. The van der Waals surface area contributed by atoms with Crippen LogP contribution in [-0.4, -0.2) is 45.4 Å². The first-order valence-corrected chi connectivity index (χ1v) is 9.00. The highest BCUT2D eigenvalue weighted by atomic mass is 32.1. The van der Waals surface area contributed by atoms with E-state index in [4.69, 9.17) is 0 Å². The Morgan fingerprint density at radius 2 is 2.18 bits per heavy atom. The Hall–Kier alpha value is -1.30. The van der Waals surface area contributed by atoms with Crippen molar-refractivity contribution in [3.63, 3.8) is 0 Å². The van der Waals surface area contributed by atoms with Crippen molar-refractivity contribution in [1.29, 1.82) is 0 Å². The number of thiazole rings is 1. The molecule has 4 heterocycles. The molecule has 2 aliphatic heterocycles. The van der Waals surface area contributed by atoms with E-state index in [1.807, 2.05) is 24.7 Å². The molecule has 2 saturated heterocycles. The molecule has 2 aliphatic rings. The summed E-state index contributed by atoms with van der Waals surface area (Å²) in [5.41, 5.74) is 1.33. The number of rotatable bonds is 4. The lowest BCUT2D eigenvalue weighted by Gasteiger charge is -2.37. The van der Waals surface area contributed by atoms with E-state index in [0.717, 1.165) is 25.0 Å². The average molecular weight is 314 g/mol. The third kappa shape index (κ3) is 3.07. The lowest BCUT2D eigenvalue weighted by molar-refractivity contribution is 0.103. The molecule has 0 N–H and O–H groups in total. The summed E-state index contributed by atoms with van der Waals surface area (Å²) >= 11 is 1.78. The van der Waals surface area contributed by atoms with Crippen LogP contribution in [0.5, 0.6) is 0 Å². The van der Waals surface area contributed by atoms with Crippen molar-refractivity contribution < 1.29 is 0 Å². The fourth-order valence-electron chi connectivity index (χ4n) is 3.95. The van der Waals surface area contributed by atoms with E-state index in [9.17, 15) is 0 Å². The first-order valence-electron chi connectivity index (χ1n) is 8.12. The first-order chi connectivity index (χ1) is 10.9. The van der Waals surface area contributed by atoms with Gasteiger partial charge in [0.2, 0.25) is 0 Å². The van der Waals surface area contributed by atoms with Crippen LogP contribution in [-0.2, 0) is 13.1 Å². The number of nitrogens with zero attached hydrogens (tertiary/aromatic N) is 4. The Bertz CT molecular complexity index is 586. The van der Waals surface area contributed by atoms with Crippen molar-refractivity contribution in [1.82, 2.24) is 19.8 Å². The zero-order valence-corrected chi connectivity index (χ0v) is 13.6. The predicted molar refractivity (Wildman–Crippen MR) is 88.6 cm³/mol.